The molecule has 0 radical (unpaired) electrons. The van der Waals surface area contributed by atoms with Gasteiger partial charge in [-0.15, -0.1) is 0 Å². The Morgan fingerprint density at radius 1 is 1.00 bits per heavy atom. The van der Waals surface area contributed by atoms with E-state index in [-0.39, 0.29) is 5.75 Å². The van der Waals surface area contributed by atoms with Crippen molar-refractivity contribution in [3.8, 4) is 22.8 Å². The third-order valence-electron chi connectivity index (χ3n) is 3.71. The van der Waals surface area contributed by atoms with E-state index in [0.29, 0.717) is 0 Å². The number of benzene rings is 2. The third-order valence-corrected chi connectivity index (χ3v) is 3.71. The van der Waals surface area contributed by atoms with Crippen molar-refractivity contribution in [3.63, 3.8) is 0 Å². The van der Waals surface area contributed by atoms with Gasteiger partial charge in [0.1, 0.15) is 23.6 Å². The second-order valence-electron chi connectivity index (χ2n) is 5.36. The molecular formula is C19H19N3O2. The molecule has 1 aromatic heterocycles. The molecule has 1 heterocycles. The van der Waals surface area contributed by atoms with Crippen LogP contribution in [-0.2, 0) is 6.42 Å². The van der Waals surface area contributed by atoms with Gasteiger partial charge in [-0.3, -0.25) is 0 Å². The largest absolute Gasteiger partial charge is 0.508 e. The van der Waals surface area contributed by atoms with Crippen LogP contribution in [0.2, 0.25) is 0 Å². The normalized spacial score (nSPS) is 10.4. The Balaban J connectivity index is 1.63. The van der Waals surface area contributed by atoms with Gasteiger partial charge >= 0.3 is 0 Å². The highest BCUT2D eigenvalue weighted by Crippen LogP contribution is 2.21. The average Bonchev–Trinajstić information content (AvgIpc) is 2.64. The van der Waals surface area contributed by atoms with E-state index in [1.807, 2.05) is 42.5 Å². The predicted molar refractivity (Wildman–Crippen MR) is 94.3 cm³/mol. The lowest BCUT2D eigenvalue weighted by molar-refractivity contribution is 0.415. The van der Waals surface area contributed by atoms with Crippen molar-refractivity contribution in [2.45, 2.75) is 6.42 Å². The molecule has 0 atom stereocenters. The first-order valence-corrected chi connectivity index (χ1v) is 7.73. The Labute approximate surface area is 141 Å². The van der Waals surface area contributed by atoms with E-state index >= 15 is 0 Å². The van der Waals surface area contributed by atoms with Crippen molar-refractivity contribution >= 4 is 5.82 Å². The molecule has 24 heavy (non-hydrogen) atoms. The number of aromatic hydroxyl groups is 1. The van der Waals surface area contributed by atoms with Gasteiger partial charge in [-0.1, -0.05) is 12.1 Å². The van der Waals surface area contributed by atoms with E-state index in [1.54, 1.807) is 25.6 Å². The van der Waals surface area contributed by atoms with E-state index in [4.69, 9.17) is 4.74 Å². The topological polar surface area (TPSA) is 67.3 Å². The molecule has 0 bridgehead atoms. The second-order valence-corrected chi connectivity index (χ2v) is 5.36. The molecule has 5 heteroatoms. The summed E-state index contributed by atoms with van der Waals surface area (Å²) in [6, 6.07) is 16.9. The number of phenols is 1. The summed E-state index contributed by atoms with van der Waals surface area (Å²) >= 11 is 0. The summed E-state index contributed by atoms with van der Waals surface area (Å²) < 4.78 is 5.17. The average molecular weight is 321 g/mol. The zero-order valence-corrected chi connectivity index (χ0v) is 13.4. The van der Waals surface area contributed by atoms with Crippen molar-refractivity contribution in [1.82, 2.24) is 9.97 Å². The lowest BCUT2D eigenvalue weighted by Crippen LogP contribution is -2.06. The Hall–Kier alpha value is -3.08. The van der Waals surface area contributed by atoms with Gasteiger partial charge in [-0.2, -0.15) is 0 Å². The Morgan fingerprint density at radius 3 is 2.46 bits per heavy atom. The van der Waals surface area contributed by atoms with Crippen LogP contribution in [0.4, 0.5) is 5.82 Å². The van der Waals surface area contributed by atoms with Gasteiger partial charge in [-0.05, 0) is 48.4 Å². The predicted octanol–water partition coefficient (Wildman–Crippen LogP) is 3.51. The van der Waals surface area contributed by atoms with E-state index in [0.717, 1.165) is 41.4 Å². The number of nitrogens with one attached hydrogen (secondary N) is 1. The molecule has 0 saturated heterocycles. The molecule has 3 rings (SSSR count). The van der Waals surface area contributed by atoms with Gasteiger partial charge in [-0.25, -0.2) is 9.97 Å². The van der Waals surface area contributed by atoms with Crippen molar-refractivity contribution in [1.29, 1.82) is 0 Å². The maximum Gasteiger partial charge on any atom is 0.129 e. The SMILES string of the molecule is COc1ccc(-c2cc(NCCc3ccc(O)cc3)ncn2)cc1. The van der Waals surface area contributed by atoms with Gasteiger partial charge in [0.05, 0.1) is 12.8 Å². The fourth-order valence-electron chi connectivity index (χ4n) is 2.37. The number of aromatic nitrogens is 2. The van der Waals surface area contributed by atoms with Crippen molar-refractivity contribution in [2.75, 3.05) is 19.0 Å². The highest BCUT2D eigenvalue weighted by Gasteiger charge is 2.03. The molecule has 3 aromatic rings. The first kappa shape index (κ1) is 15.8. The number of rotatable bonds is 6. The molecule has 0 unspecified atom stereocenters. The number of nitrogens with zero attached hydrogens (tertiary/aromatic N) is 2. The molecule has 0 aliphatic rings. The van der Waals surface area contributed by atoms with Gasteiger partial charge < -0.3 is 15.2 Å². The molecular weight excluding hydrogens is 302 g/mol. The zero-order chi connectivity index (χ0) is 16.8. The molecule has 122 valence electrons. The maximum absolute atomic E-state index is 9.29. The quantitative estimate of drug-likeness (QED) is 0.727. The van der Waals surface area contributed by atoms with Crippen molar-refractivity contribution in [3.05, 3.63) is 66.5 Å². The van der Waals surface area contributed by atoms with Crippen LogP contribution < -0.4 is 10.1 Å². The molecule has 2 aromatic carbocycles. The minimum absolute atomic E-state index is 0.284. The molecule has 0 saturated carbocycles. The van der Waals surface area contributed by atoms with Crippen LogP contribution in [0.3, 0.4) is 0 Å². The third kappa shape index (κ3) is 4.01. The van der Waals surface area contributed by atoms with Crippen molar-refractivity contribution < 1.29 is 9.84 Å². The number of hydrogen-bond donors (Lipinski definition) is 2. The number of phenolic OH excluding ortho intramolecular Hbond substituents is 1. The first-order chi connectivity index (χ1) is 11.7. The summed E-state index contributed by atoms with van der Waals surface area (Å²) in [5, 5.41) is 12.6. The van der Waals surface area contributed by atoms with E-state index < -0.39 is 0 Å². The van der Waals surface area contributed by atoms with Gasteiger partial charge in [0, 0.05) is 18.2 Å². The van der Waals surface area contributed by atoms with Crippen LogP contribution in [0.5, 0.6) is 11.5 Å². The molecule has 0 spiro atoms. The molecule has 5 nitrogen and oxygen atoms in total. The van der Waals surface area contributed by atoms with Gasteiger partial charge in [0.25, 0.3) is 0 Å². The standard InChI is InChI=1S/C19H19N3O2/c1-24-17-8-4-15(5-9-17)18-12-19(22-13-21-18)20-11-10-14-2-6-16(23)7-3-14/h2-9,12-13,23H,10-11H2,1H3,(H,20,21,22). The fraction of sp³-hybridized carbons (Fsp3) is 0.158. The number of ether oxygens (including phenoxy) is 1. The Kier molecular flexibility index (Phi) is 4.91. The van der Waals surface area contributed by atoms with Gasteiger partial charge in [0.2, 0.25) is 0 Å². The molecule has 0 aliphatic heterocycles. The smallest absolute Gasteiger partial charge is 0.129 e. The molecule has 0 aliphatic carbocycles. The summed E-state index contributed by atoms with van der Waals surface area (Å²) in [7, 11) is 1.65. The van der Waals surface area contributed by atoms with Crippen LogP contribution in [0.15, 0.2) is 60.9 Å². The summed E-state index contributed by atoms with van der Waals surface area (Å²) in [5.74, 6) is 1.89. The van der Waals surface area contributed by atoms with Crippen LogP contribution in [0.1, 0.15) is 5.56 Å². The lowest BCUT2D eigenvalue weighted by Gasteiger charge is -2.08. The molecule has 0 amide bonds. The summed E-state index contributed by atoms with van der Waals surface area (Å²) in [6.07, 6.45) is 2.41. The zero-order valence-electron chi connectivity index (χ0n) is 13.4. The van der Waals surface area contributed by atoms with Crippen LogP contribution in [0, 0.1) is 0 Å². The maximum atomic E-state index is 9.29. The monoisotopic (exact) mass is 321 g/mol. The number of hydrogen-bond acceptors (Lipinski definition) is 5. The lowest BCUT2D eigenvalue weighted by atomic mass is 10.1. The Morgan fingerprint density at radius 2 is 1.75 bits per heavy atom. The highest BCUT2D eigenvalue weighted by molar-refractivity contribution is 5.62. The Bertz CT molecular complexity index is 786. The summed E-state index contributed by atoms with van der Waals surface area (Å²) in [4.78, 5) is 8.58. The number of anilines is 1. The van der Waals surface area contributed by atoms with E-state index in [1.165, 1.54) is 0 Å². The van der Waals surface area contributed by atoms with Crippen LogP contribution in [0.25, 0.3) is 11.3 Å². The minimum Gasteiger partial charge on any atom is -0.508 e. The summed E-state index contributed by atoms with van der Waals surface area (Å²) in [6.45, 7) is 0.754. The summed E-state index contributed by atoms with van der Waals surface area (Å²) in [5.41, 5.74) is 3.03. The first-order valence-electron chi connectivity index (χ1n) is 7.73. The van der Waals surface area contributed by atoms with Gasteiger partial charge in [0.15, 0.2) is 0 Å². The molecule has 2 N–H and O–H groups in total. The van der Waals surface area contributed by atoms with Crippen LogP contribution in [-0.4, -0.2) is 28.7 Å². The van der Waals surface area contributed by atoms with E-state index in [2.05, 4.69) is 15.3 Å². The molecule has 0 fully saturated rings. The highest BCUT2D eigenvalue weighted by atomic mass is 16.5. The minimum atomic E-state index is 0.284. The number of methoxy groups -OCH3 is 1. The second kappa shape index (κ2) is 7.46. The van der Waals surface area contributed by atoms with E-state index in [9.17, 15) is 5.11 Å². The van der Waals surface area contributed by atoms with Crippen molar-refractivity contribution in [2.24, 2.45) is 0 Å². The van der Waals surface area contributed by atoms with Crippen LogP contribution >= 0.6 is 0 Å². The fourth-order valence-corrected chi connectivity index (χ4v) is 2.37.